The Labute approximate surface area is 144 Å². The smallest absolute Gasteiger partial charge is 0.335 e. The Balaban J connectivity index is 1.66. The van der Waals surface area contributed by atoms with Gasteiger partial charge in [0.1, 0.15) is 0 Å². The molecule has 0 atom stereocenters. The summed E-state index contributed by atoms with van der Waals surface area (Å²) in [6, 6.07) is 11.9. The third kappa shape index (κ3) is 2.78. The Morgan fingerprint density at radius 3 is 2.52 bits per heavy atom. The van der Waals surface area contributed by atoms with Crippen molar-refractivity contribution in [1.29, 1.82) is 0 Å². The number of rotatable bonds is 3. The minimum Gasteiger partial charge on any atom is -0.478 e. The van der Waals surface area contributed by atoms with Crippen LogP contribution in [0.3, 0.4) is 0 Å². The molecule has 0 saturated heterocycles. The zero-order valence-electron chi connectivity index (χ0n) is 13.6. The summed E-state index contributed by atoms with van der Waals surface area (Å²) in [5, 5.41) is 12.9. The van der Waals surface area contributed by atoms with Crippen LogP contribution >= 0.6 is 0 Å². The monoisotopic (exact) mass is 334 g/mol. The number of aryl methyl sites for hydroxylation is 2. The summed E-state index contributed by atoms with van der Waals surface area (Å²) < 4.78 is 0. The number of aromatic amines is 1. The van der Waals surface area contributed by atoms with E-state index in [-0.39, 0.29) is 11.5 Å². The third-order valence-electron chi connectivity index (χ3n) is 4.77. The van der Waals surface area contributed by atoms with E-state index in [1.54, 1.807) is 12.1 Å². The molecule has 25 heavy (non-hydrogen) atoms. The number of carbonyl (C=O) groups is 2. The van der Waals surface area contributed by atoms with Crippen molar-refractivity contribution in [3.63, 3.8) is 0 Å². The summed E-state index contributed by atoms with van der Waals surface area (Å²) in [5.74, 6) is -1.19. The van der Waals surface area contributed by atoms with E-state index in [0.717, 1.165) is 23.7 Å². The number of nitrogens with one attached hydrogen (secondary N) is 2. The minimum absolute atomic E-state index is 0.192. The lowest BCUT2D eigenvalue weighted by Gasteiger charge is -2.10. The number of hydrogen-bond donors (Lipinski definition) is 3. The molecule has 0 radical (unpaired) electrons. The summed E-state index contributed by atoms with van der Waals surface area (Å²) in [7, 11) is 0. The Hall–Kier alpha value is -3.08. The quantitative estimate of drug-likeness (QED) is 0.677. The maximum atomic E-state index is 12.7. The predicted octanol–water partition coefficient (Wildman–Crippen LogP) is 4.00. The molecule has 1 amide bonds. The summed E-state index contributed by atoms with van der Waals surface area (Å²) in [6.45, 7) is 0. The van der Waals surface area contributed by atoms with Crippen molar-refractivity contribution in [2.24, 2.45) is 0 Å². The highest BCUT2D eigenvalue weighted by molar-refractivity contribution is 6.12. The van der Waals surface area contributed by atoms with Gasteiger partial charge in [0.2, 0.25) is 0 Å². The topological polar surface area (TPSA) is 82.2 Å². The zero-order valence-corrected chi connectivity index (χ0v) is 13.6. The largest absolute Gasteiger partial charge is 0.478 e. The minimum atomic E-state index is -0.986. The SMILES string of the molecule is O=C(O)c1ccc(NC(=O)c2cccc3c4c([nH]c23)CCCC4)cc1. The van der Waals surface area contributed by atoms with Crippen LogP contribution in [-0.4, -0.2) is 22.0 Å². The first-order valence-corrected chi connectivity index (χ1v) is 8.40. The number of aromatic nitrogens is 1. The number of carboxylic acids is 1. The molecule has 0 bridgehead atoms. The molecule has 2 aromatic carbocycles. The van der Waals surface area contributed by atoms with Crippen molar-refractivity contribution in [2.45, 2.75) is 25.7 Å². The lowest BCUT2D eigenvalue weighted by molar-refractivity contribution is 0.0696. The van der Waals surface area contributed by atoms with Crippen LogP contribution in [0.15, 0.2) is 42.5 Å². The van der Waals surface area contributed by atoms with E-state index >= 15 is 0 Å². The lowest BCUT2D eigenvalue weighted by atomic mass is 9.95. The molecule has 0 fully saturated rings. The average Bonchev–Trinajstić information content (AvgIpc) is 3.00. The van der Waals surface area contributed by atoms with Crippen molar-refractivity contribution in [3.05, 3.63) is 64.8 Å². The van der Waals surface area contributed by atoms with Crippen molar-refractivity contribution >= 4 is 28.5 Å². The second-order valence-corrected chi connectivity index (χ2v) is 6.35. The fraction of sp³-hybridized carbons (Fsp3) is 0.200. The summed E-state index contributed by atoms with van der Waals surface area (Å²) in [4.78, 5) is 27.1. The molecule has 4 rings (SSSR count). The first kappa shape index (κ1) is 15.4. The molecule has 0 unspecified atom stereocenters. The van der Waals surface area contributed by atoms with Gasteiger partial charge >= 0.3 is 5.97 Å². The van der Waals surface area contributed by atoms with E-state index in [9.17, 15) is 9.59 Å². The number of fused-ring (bicyclic) bond motifs is 3. The summed E-state index contributed by atoms with van der Waals surface area (Å²) in [6.07, 6.45) is 4.45. The molecule has 0 spiro atoms. The summed E-state index contributed by atoms with van der Waals surface area (Å²) >= 11 is 0. The Morgan fingerprint density at radius 2 is 1.76 bits per heavy atom. The lowest BCUT2D eigenvalue weighted by Crippen LogP contribution is -2.12. The van der Waals surface area contributed by atoms with Gasteiger partial charge in [-0.3, -0.25) is 4.79 Å². The van der Waals surface area contributed by atoms with E-state index in [0.29, 0.717) is 11.3 Å². The molecule has 1 aromatic heterocycles. The Morgan fingerprint density at radius 1 is 1.00 bits per heavy atom. The van der Waals surface area contributed by atoms with Gasteiger partial charge < -0.3 is 15.4 Å². The van der Waals surface area contributed by atoms with E-state index in [1.165, 1.54) is 36.2 Å². The van der Waals surface area contributed by atoms with Gasteiger partial charge in [-0.1, -0.05) is 12.1 Å². The van der Waals surface area contributed by atoms with E-state index in [4.69, 9.17) is 5.11 Å². The highest BCUT2D eigenvalue weighted by Gasteiger charge is 2.19. The second kappa shape index (κ2) is 6.09. The molecule has 5 heteroatoms. The van der Waals surface area contributed by atoms with Crippen LogP contribution in [0.5, 0.6) is 0 Å². The van der Waals surface area contributed by atoms with Crippen LogP contribution in [0, 0.1) is 0 Å². The molecule has 1 aliphatic rings. The number of carbonyl (C=O) groups excluding carboxylic acids is 1. The second-order valence-electron chi connectivity index (χ2n) is 6.35. The van der Waals surface area contributed by atoms with Crippen LogP contribution in [-0.2, 0) is 12.8 Å². The van der Waals surface area contributed by atoms with E-state index < -0.39 is 5.97 Å². The molecule has 126 valence electrons. The van der Waals surface area contributed by atoms with Crippen LogP contribution < -0.4 is 5.32 Å². The third-order valence-corrected chi connectivity index (χ3v) is 4.77. The number of H-pyrrole nitrogens is 1. The highest BCUT2D eigenvalue weighted by atomic mass is 16.4. The maximum Gasteiger partial charge on any atom is 0.335 e. The van der Waals surface area contributed by atoms with Gasteiger partial charge in [-0.05, 0) is 61.6 Å². The summed E-state index contributed by atoms with van der Waals surface area (Å²) in [5.41, 5.74) is 4.83. The molecule has 1 heterocycles. The van der Waals surface area contributed by atoms with Crippen LogP contribution in [0.1, 0.15) is 44.8 Å². The number of hydrogen-bond acceptors (Lipinski definition) is 2. The molecule has 3 N–H and O–H groups in total. The maximum absolute atomic E-state index is 12.7. The zero-order chi connectivity index (χ0) is 17.4. The van der Waals surface area contributed by atoms with Crippen molar-refractivity contribution in [1.82, 2.24) is 4.98 Å². The van der Waals surface area contributed by atoms with Gasteiger partial charge in [0.25, 0.3) is 5.91 Å². The highest BCUT2D eigenvalue weighted by Crippen LogP contribution is 2.31. The molecular formula is C20H18N2O3. The predicted molar refractivity (Wildman–Crippen MR) is 96.3 cm³/mol. The Bertz CT molecular complexity index is 971. The van der Waals surface area contributed by atoms with Gasteiger partial charge in [0.15, 0.2) is 0 Å². The number of amides is 1. The van der Waals surface area contributed by atoms with Crippen LogP contribution in [0.2, 0.25) is 0 Å². The first-order valence-electron chi connectivity index (χ1n) is 8.40. The molecule has 5 nitrogen and oxygen atoms in total. The molecular weight excluding hydrogens is 316 g/mol. The number of aromatic carboxylic acids is 1. The molecule has 3 aromatic rings. The number of benzene rings is 2. The van der Waals surface area contributed by atoms with Gasteiger partial charge in [-0.2, -0.15) is 0 Å². The molecule has 0 saturated carbocycles. The molecule has 0 aliphatic heterocycles. The van der Waals surface area contributed by atoms with Gasteiger partial charge in [0.05, 0.1) is 16.6 Å². The van der Waals surface area contributed by atoms with Crippen LogP contribution in [0.4, 0.5) is 5.69 Å². The fourth-order valence-corrected chi connectivity index (χ4v) is 3.51. The molecule has 1 aliphatic carbocycles. The van der Waals surface area contributed by atoms with Gasteiger partial charge in [-0.15, -0.1) is 0 Å². The van der Waals surface area contributed by atoms with Crippen molar-refractivity contribution < 1.29 is 14.7 Å². The average molecular weight is 334 g/mol. The van der Waals surface area contributed by atoms with Gasteiger partial charge in [-0.25, -0.2) is 4.79 Å². The van der Waals surface area contributed by atoms with Crippen molar-refractivity contribution in [2.75, 3.05) is 5.32 Å². The van der Waals surface area contributed by atoms with E-state index in [2.05, 4.69) is 16.4 Å². The van der Waals surface area contributed by atoms with E-state index in [1.807, 2.05) is 12.1 Å². The van der Waals surface area contributed by atoms with Gasteiger partial charge in [0, 0.05) is 16.8 Å². The first-order chi connectivity index (χ1) is 12.1. The number of anilines is 1. The van der Waals surface area contributed by atoms with Crippen molar-refractivity contribution in [3.8, 4) is 0 Å². The van der Waals surface area contributed by atoms with Crippen LogP contribution in [0.25, 0.3) is 10.9 Å². The Kier molecular flexibility index (Phi) is 3.76. The standard InChI is InChI=1S/C20H18N2O3/c23-19(21-13-10-8-12(9-11-13)20(24)25)16-6-3-5-15-14-4-1-2-7-17(14)22-18(15)16/h3,5-6,8-11,22H,1-2,4,7H2,(H,21,23)(H,24,25). The fourth-order valence-electron chi connectivity index (χ4n) is 3.51. The number of carboxylic acid groups (broad SMARTS) is 1. The normalized spacial score (nSPS) is 13.4. The number of para-hydroxylation sites is 1.